The highest BCUT2D eigenvalue weighted by atomic mass is 16.5. The molecule has 1 aromatic carbocycles. The predicted molar refractivity (Wildman–Crippen MR) is 84.5 cm³/mol. The maximum Gasteiger partial charge on any atom is 0.123 e. The topological polar surface area (TPSA) is 36.9 Å². The Morgan fingerprint density at radius 1 is 0.864 bits per heavy atom. The molecule has 0 unspecified atom stereocenters. The lowest BCUT2D eigenvalue weighted by molar-refractivity contribution is -0.134. The van der Waals surface area contributed by atoms with Crippen molar-refractivity contribution >= 4 is 0 Å². The summed E-state index contributed by atoms with van der Waals surface area (Å²) in [5, 5.41) is 0. The summed E-state index contributed by atoms with van der Waals surface area (Å²) in [6.07, 6.45) is 2.17. The van der Waals surface area contributed by atoms with Gasteiger partial charge in [0.15, 0.2) is 0 Å². The van der Waals surface area contributed by atoms with Gasteiger partial charge in [0, 0.05) is 6.07 Å². The summed E-state index contributed by atoms with van der Waals surface area (Å²) in [5.41, 5.74) is 0.402. The number of hydrogen-bond donors (Lipinski definition) is 0. The molecule has 0 spiro atoms. The molecule has 4 nitrogen and oxygen atoms in total. The van der Waals surface area contributed by atoms with Gasteiger partial charge in [0.1, 0.15) is 11.5 Å². The van der Waals surface area contributed by atoms with Gasteiger partial charge >= 0.3 is 0 Å². The zero-order valence-electron chi connectivity index (χ0n) is 13.6. The summed E-state index contributed by atoms with van der Waals surface area (Å²) in [6.45, 7) is 9.01. The van der Waals surface area contributed by atoms with Crippen LogP contribution in [0.4, 0.5) is 0 Å². The van der Waals surface area contributed by atoms with E-state index < -0.39 is 0 Å². The smallest absolute Gasteiger partial charge is 0.123 e. The van der Waals surface area contributed by atoms with E-state index in [9.17, 15) is 0 Å². The van der Waals surface area contributed by atoms with E-state index in [2.05, 4.69) is 13.8 Å². The van der Waals surface area contributed by atoms with Gasteiger partial charge in [-0.25, -0.2) is 0 Å². The minimum atomic E-state index is 0.201. The molecule has 0 aliphatic carbocycles. The average Bonchev–Trinajstić information content (AvgIpc) is 2.46. The third-order valence-electron chi connectivity index (χ3n) is 5.03. The first kappa shape index (κ1) is 15.6. The SMILES string of the molecule is CCC1(COc2cccc(OCC3(CC)COC3)c2)COC1. The largest absolute Gasteiger partial charge is 0.493 e. The van der Waals surface area contributed by atoms with Gasteiger partial charge in [-0.2, -0.15) is 0 Å². The van der Waals surface area contributed by atoms with Crippen LogP contribution in [-0.2, 0) is 9.47 Å². The zero-order chi connectivity index (χ0) is 15.5. The fourth-order valence-electron chi connectivity index (χ4n) is 2.69. The van der Waals surface area contributed by atoms with Crippen molar-refractivity contribution in [3.05, 3.63) is 24.3 Å². The normalized spacial score (nSPS) is 21.5. The monoisotopic (exact) mass is 306 g/mol. The Balaban J connectivity index is 1.53. The third kappa shape index (κ3) is 3.23. The zero-order valence-corrected chi connectivity index (χ0v) is 13.6. The molecule has 2 heterocycles. The maximum atomic E-state index is 5.96. The van der Waals surface area contributed by atoms with Crippen molar-refractivity contribution in [1.82, 2.24) is 0 Å². The van der Waals surface area contributed by atoms with Gasteiger partial charge in [-0.05, 0) is 25.0 Å². The molecular formula is C18H26O4. The standard InChI is InChI=1S/C18H26O4/c1-3-17(9-19-10-17)13-21-15-6-5-7-16(8-15)22-14-18(4-2)11-20-12-18/h5-8H,3-4,9-14H2,1-2H3. The van der Waals surface area contributed by atoms with Crippen molar-refractivity contribution in [1.29, 1.82) is 0 Å². The van der Waals surface area contributed by atoms with E-state index in [0.717, 1.165) is 50.8 Å². The van der Waals surface area contributed by atoms with Crippen LogP contribution >= 0.6 is 0 Å². The molecule has 0 atom stereocenters. The highest BCUT2D eigenvalue weighted by molar-refractivity contribution is 5.33. The summed E-state index contributed by atoms with van der Waals surface area (Å²) in [5.74, 6) is 1.74. The van der Waals surface area contributed by atoms with Crippen LogP contribution in [0.25, 0.3) is 0 Å². The first-order valence-corrected chi connectivity index (χ1v) is 8.20. The molecule has 2 aliphatic rings. The fourth-order valence-corrected chi connectivity index (χ4v) is 2.69. The molecule has 0 aromatic heterocycles. The molecule has 2 saturated heterocycles. The first-order chi connectivity index (χ1) is 10.7. The molecule has 1 aromatic rings. The van der Waals surface area contributed by atoms with Crippen molar-refractivity contribution in [3.63, 3.8) is 0 Å². The Morgan fingerprint density at radius 3 is 1.64 bits per heavy atom. The van der Waals surface area contributed by atoms with Crippen molar-refractivity contribution in [3.8, 4) is 11.5 Å². The second-order valence-electron chi connectivity index (χ2n) is 6.74. The number of benzene rings is 1. The molecule has 2 aliphatic heterocycles. The first-order valence-electron chi connectivity index (χ1n) is 8.20. The van der Waals surface area contributed by atoms with Crippen molar-refractivity contribution < 1.29 is 18.9 Å². The molecule has 3 rings (SSSR count). The van der Waals surface area contributed by atoms with Gasteiger partial charge in [0.25, 0.3) is 0 Å². The molecule has 0 N–H and O–H groups in total. The second kappa shape index (κ2) is 6.47. The lowest BCUT2D eigenvalue weighted by Gasteiger charge is -2.40. The number of hydrogen-bond acceptors (Lipinski definition) is 4. The summed E-state index contributed by atoms with van der Waals surface area (Å²) in [7, 11) is 0. The highest BCUT2D eigenvalue weighted by Gasteiger charge is 2.38. The molecule has 0 saturated carbocycles. The van der Waals surface area contributed by atoms with Crippen LogP contribution in [0.2, 0.25) is 0 Å². The molecule has 0 radical (unpaired) electrons. The second-order valence-corrected chi connectivity index (χ2v) is 6.74. The van der Waals surface area contributed by atoms with Gasteiger partial charge in [-0.3, -0.25) is 0 Å². The van der Waals surface area contributed by atoms with Crippen molar-refractivity contribution in [2.75, 3.05) is 39.6 Å². The van der Waals surface area contributed by atoms with Gasteiger partial charge in [0.2, 0.25) is 0 Å². The van der Waals surface area contributed by atoms with Gasteiger partial charge in [-0.1, -0.05) is 19.9 Å². The van der Waals surface area contributed by atoms with Crippen LogP contribution in [0.15, 0.2) is 24.3 Å². The number of rotatable bonds is 8. The summed E-state index contributed by atoms with van der Waals surface area (Å²) in [4.78, 5) is 0. The summed E-state index contributed by atoms with van der Waals surface area (Å²) < 4.78 is 22.6. The Bertz CT molecular complexity index is 439. The highest BCUT2D eigenvalue weighted by Crippen LogP contribution is 2.34. The minimum absolute atomic E-state index is 0.201. The average molecular weight is 306 g/mol. The van der Waals surface area contributed by atoms with E-state index in [1.165, 1.54) is 0 Å². The molecule has 122 valence electrons. The molecule has 22 heavy (non-hydrogen) atoms. The number of ether oxygens (including phenoxy) is 4. The molecular weight excluding hydrogens is 280 g/mol. The Kier molecular flexibility index (Phi) is 4.59. The van der Waals surface area contributed by atoms with E-state index in [0.29, 0.717) is 13.2 Å². The van der Waals surface area contributed by atoms with E-state index >= 15 is 0 Å². The lowest BCUT2D eigenvalue weighted by atomic mass is 9.84. The van der Waals surface area contributed by atoms with Crippen molar-refractivity contribution in [2.24, 2.45) is 10.8 Å². The van der Waals surface area contributed by atoms with Crippen LogP contribution in [0.1, 0.15) is 26.7 Å². The predicted octanol–water partition coefficient (Wildman–Crippen LogP) is 3.30. The molecule has 0 amide bonds. The van der Waals surface area contributed by atoms with Crippen LogP contribution in [0, 0.1) is 10.8 Å². The maximum absolute atomic E-state index is 5.96. The molecule has 2 fully saturated rings. The van der Waals surface area contributed by atoms with Gasteiger partial charge in [-0.15, -0.1) is 0 Å². The van der Waals surface area contributed by atoms with Gasteiger partial charge < -0.3 is 18.9 Å². The summed E-state index contributed by atoms with van der Waals surface area (Å²) in [6, 6.07) is 7.93. The quantitative estimate of drug-likeness (QED) is 0.738. The van der Waals surface area contributed by atoms with Crippen LogP contribution in [-0.4, -0.2) is 39.6 Å². The van der Waals surface area contributed by atoms with Crippen molar-refractivity contribution in [2.45, 2.75) is 26.7 Å². The van der Waals surface area contributed by atoms with Crippen LogP contribution in [0.5, 0.6) is 11.5 Å². The van der Waals surface area contributed by atoms with E-state index in [-0.39, 0.29) is 10.8 Å². The minimum Gasteiger partial charge on any atom is -0.493 e. The van der Waals surface area contributed by atoms with E-state index in [1.54, 1.807) is 0 Å². The fraction of sp³-hybridized carbons (Fsp3) is 0.667. The Morgan fingerprint density at radius 2 is 1.32 bits per heavy atom. The van der Waals surface area contributed by atoms with Crippen LogP contribution in [0.3, 0.4) is 0 Å². The van der Waals surface area contributed by atoms with E-state index in [4.69, 9.17) is 18.9 Å². The molecule has 0 bridgehead atoms. The van der Waals surface area contributed by atoms with Crippen LogP contribution < -0.4 is 9.47 Å². The molecule has 4 heteroatoms. The lowest BCUT2D eigenvalue weighted by Crippen LogP contribution is -2.46. The third-order valence-corrected chi connectivity index (χ3v) is 5.03. The summed E-state index contributed by atoms with van der Waals surface area (Å²) >= 11 is 0. The van der Waals surface area contributed by atoms with E-state index in [1.807, 2.05) is 24.3 Å². The van der Waals surface area contributed by atoms with Gasteiger partial charge in [0.05, 0.1) is 50.5 Å². The Hall–Kier alpha value is -1.26. The Labute approximate surface area is 132 Å².